The highest BCUT2D eigenvalue weighted by Crippen LogP contribution is 2.23. The molecule has 5 heteroatoms. The molecule has 2 aromatic carbocycles. The highest BCUT2D eigenvalue weighted by Gasteiger charge is 2.16. The van der Waals surface area contributed by atoms with E-state index in [9.17, 15) is 18.3 Å². The van der Waals surface area contributed by atoms with Gasteiger partial charge >= 0.3 is 0 Å². The summed E-state index contributed by atoms with van der Waals surface area (Å²) in [6, 6.07) is 6.61. The zero-order valence-electron chi connectivity index (χ0n) is 10.8. The number of hydrogen-bond donors (Lipinski definition) is 2. The Kier molecular flexibility index (Phi) is 4.29. The second-order valence-corrected chi connectivity index (χ2v) is 4.56. The monoisotopic (exact) mass is 281 g/mol. The minimum absolute atomic E-state index is 0.121. The molecule has 0 bridgehead atoms. The van der Waals surface area contributed by atoms with Crippen LogP contribution in [0.5, 0.6) is 0 Å². The van der Waals surface area contributed by atoms with E-state index < -0.39 is 30.1 Å². The fourth-order valence-corrected chi connectivity index (χ4v) is 2.03. The number of benzene rings is 2. The Balaban J connectivity index is 2.28. The van der Waals surface area contributed by atoms with Crippen LogP contribution < -0.4 is 5.32 Å². The Morgan fingerprint density at radius 2 is 1.80 bits per heavy atom. The van der Waals surface area contributed by atoms with Crippen LogP contribution in [0.3, 0.4) is 0 Å². The summed E-state index contributed by atoms with van der Waals surface area (Å²) >= 11 is 0. The molecular weight excluding hydrogens is 267 g/mol. The fourth-order valence-electron chi connectivity index (χ4n) is 2.03. The molecule has 0 amide bonds. The van der Waals surface area contributed by atoms with Gasteiger partial charge in [-0.2, -0.15) is 0 Å². The number of halogens is 3. The summed E-state index contributed by atoms with van der Waals surface area (Å²) < 4.78 is 39.8. The van der Waals surface area contributed by atoms with Crippen molar-refractivity contribution in [1.29, 1.82) is 0 Å². The van der Waals surface area contributed by atoms with Crippen LogP contribution in [0.4, 0.5) is 18.9 Å². The highest BCUT2D eigenvalue weighted by atomic mass is 19.1. The summed E-state index contributed by atoms with van der Waals surface area (Å²) in [6.07, 6.45) is 0. The lowest BCUT2D eigenvalue weighted by atomic mass is 10.1. The van der Waals surface area contributed by atoms with Crippen LogP contribution >= 0.6 is 0 Å². The Labute approximate surface area is 114 Å². The van der Waals surface area contributed by atoms with Crippen LogP contribution in [0.2, 0.25) is 0 Å². The number of aliphatic hydroxyl groups is 1. The Morgan fingerprint density at radius 3 is 2.40 bits per heavy atom. The van der Waals surface area contributed by atoms with Gasteiger partial charge in [0, 0.05) is 17.3 Å². The standard InChI is InChI=1S/C15H14F3NO/c1-9-4-11(17)6-12(5-9)19-15(8-20)13-3-2-10(16)7-14(13)18/h2-7,15,19-20H,8H2,1H3. The van der Waals surface area contributed by atoms with E-state index in [-0.39, 0.29) is 5.56 Å². The van der Waals surface area contributed by atoms with Gasteiger partial charge in [-0.3, -0.25) is 0 Å². The number of anilines is 1. The predicted octanol–water partition coefficient (Wildman–Crippen LogP) is 3.56. The highest BCUT2D eigenvalue weighted by molar-refractivity contribution is 5.48. The lowest BCUT2D eigenvalue weighted by Crippen LogP contribution is -2.16. The number of nitrogens with one attached hydrogen (secondary N) is 1. The summed E-state index contributed by atoms with van der Waals surface area (Å²) in [7, 11) is 0. The number of aryl methyl sites for hydroxylation is 1. The summed E-state index contributed by atoms with van der Waals surface area (Å²) in [5.74, 6) is -1.88. The third-order valence-corrected chi connectivity index (χ3v) is 2.90. The van der Waals surface area contributed by atoms with E-state index in [0.717, 1.165) is 12.1 Å². The van der Waals surface area contributed by atoms with Gasteiger partial charge in [0.25, 0.3) is 0 Å². The van der Waals surface area contributed by atoms with Crippen molar-refractivity contribution in [3.63, 3.8) is 0 Å². The molecule has 0 heterocycles. The third kappa shape index (κ3) is 3.30. The van der Waals surface area contributed by atoms with Crippen molar-refractivity contribution in [1.82, 2.24) is 0 Å². The maximum absolute atomic E-state index is 13.7. The first kappa shape index (κ1) is 14.4. The summed E-state index contributed by atoms with van der Waals surface area (Å²) in [5.41, 5.74) is 1.24. The van der Waals surface area contributed by atoms with Gasteiger partial charge < -0.3 is 10.4 Å². The summed E-state index contributed by atoms with van der Waals surface area (Å²) in [5, 5.41) is 12.2. The Bertz CT molecular complexity index is 596. The first-order chi connectivity index (χ1) is 9.49. The van der Waals surface area contributed by atoms with Gasteiger partial charge in [-0.15, -0.1) is 0 Å². The lowest BCUT2D eigenvalue weighted by Gasteiger charge is -2.19. The summed E-state index contributed by atoms with van der Waals surface area (Å²) in [6.45, 7) is 1.32. The molecule has 2 rings (SSSR count). The van der Waals surface area contributed by atoms with Crippen molar-refractivity contribution in [3.8, 4) is 0 Å². The van der Waals surface area contributed by atoms with Crippen LogP contribution in [0.25, 0.3) is 0 Å². The molecule has 106 valence electrons. The van der Waals surface area contributed by atoms with Gasteiger partial charge in [-0.1, -0.05) is 6.07 Å². The van der Waals surface area contributed by atoms with Crippen LogP contribution in [0.1, 0.15) is 17.2 Å². The second kappa shape index (κ2) is 5.96. The van der Waals surface area contributed by atoms with Crippen molar-refractivity contribution < 1.29 is 18.3 Å². The fraction of sp³-hybridized carbons (Fsp3) is 0.200. The van der Waals surface area contributed by atoms with Crippen LogP contribution in [-0.4, -0.2) is 11.7 Å². The molecule has 0 radical (unpaired) electrons. The predicted molar refractivity (Wildman–Crippen MR) is 70.9 cm³/mol. The Morgan fingerprint density at radius 1 is 1.05 bits per heavy atom. The second-order valence-electron chi connectivity index (χ2n) is 4.56. The molecule has 0 fully saturated rings. The maximum Gasteiger partial charge on any atom is 0.131 e. The molecule has 2 nitrogen and oxygen atoms in total. The zero-order valence-corrected chi connectivity index (χ0v) is 10.8. The minimum atomic E-state index is -0.781. The van der Waals surface area contributed by atoms with Crippen molar-refractivity contribution >= 4 is 5.69 Å². The van der Waals surface area contributed by atoms with Crippen LogP contribution in [-0.2, 0) is 0 Å². The largest absolute Gasteiger partial charge is 0.394 e. The first-order valence-corrected chi connectivity index (χ1v) is 6.09. The van der Waals surface area contributed by atoms with Gasteiger partial charge in [-0.05, 0) is 36.8 Å². The van der Waals surface area contributed by atoms with Crippen molar-refractivity contribution in [2.24, 2.45) is 0 Å². The average Bonchev–Trinajstić information content (AvgIpc) is 2.35. The van der Waals surface area contributed by atoms with Gasteiger partial charge in [0.1, 0.15) is 17.5 Å². The first-order valence-electron chi connectivity index (χ1n) is 6.09. The van der Waals surface area contributed by atoms with Gasteiger partial charge in [0.2, 0.25) is 0 Å². The smallest absolute Gasteiger partial charge is 0.131 e. The number of rotatable bonds is 4. The van der Waals surface area contributed by atoms with Crippen LogP contribution in [0.15, 0.2) is 36.4 Å². The molecule has 0 saturated carbocycles. The molecule has 2 aromatic rings. The van der Waals surface area contributed by atoms with Gasteiger partial charge in [-0.25, -0.2) is 13.2 Å². The van der Waals surface area contributed by atoms with Crippen molar-refractivity contribution in [2.45, 2.75) is 13.0 Å². The SMILES string of the molecule is Cc1cc(F)cc(NC(CO)c2ccc(F)cc2F)c1. The molecule has 20 heavy (non-hydrogen) atoms. The third-order valence-electron chi connectivity index (χ3n) is 2.90. The van der Waals surface area contributed by atoms with Gasteiger partial charge in [0.05, 0.1) is 12.6 Å². The average molecular weight is 281 g/mol. The number of aliphatic hydroxyl groups excluding tert-OH is 1. The quantitative estimate of drug-likeness (QED) is 0.898. The lowest BCUT2D eigenvalue weighted by molar-refractivity contribution is 0.273. The molecule has 0 aromatic heterocycles. The van der Waals surface area contributed by atoms with Gasteiger partial charge in [0.15, 0.2) is 0 Å². The van der Waals surface area contributed by atoms with E-state index in [4.69, 9.17) is 0 Å². The van der Waals surface area contributed by atoms with E-state index in [1.165, 1.54) is 18.2 Å². The van der Waals surface area contributed by atoms with Crippen molar-refractivity contribution in [2.75, 3.05) is 11.9 Å². The summed E-state index contributed by atoms with van der Waals surface area (Å²) in [4.78, 5) is 0. The van der Waals surface area contributed by atoms with Crippen LogP contribution in [0, 0.1) is 24.4 Å². The number of hydrogen-bond acceptors (Lipinski definition) is 2. The minimum Gasteiger partial charge on any atom is -0.394 e. The molecule has 2 N–H and O–H groups in total. The van der Waals surface area contributed by atoms with Crippen molar-refractivity contribution in [3.05, 3.63) is 65.0 Å². The molecular formula is C15H14F3NO. The normalized spacial score (nSPS) is 12.2. The van der Waals surface area contributed by atoms with E-state index in [0.29, 0.717) is 11.3 Å². The van der Waals surface area contributed by atoms with E-state index in [2.05, 4.69) is 5.32 Å². The van der Waals surface area contributed by atoms with E-state index in [1.54, 1.807) is 13.0 Å². The molecule has 0 saturated heterocycles. The molecule has 0 spiro atoms. The van der Waals surface area contributed by atoms with E-state index >= 15 is 0 Å². The van der Waals surface area contributed by atoms with E-state index in [1.807, 2.05) is 0 Å². The molecule has 0 aliphatic heterocycles. The topological polar surface area (TPSA) is 32.3 Å². The Hall–Kier alpha value is -2.01. The zero-order chi connectivity index (χ0) is 14.7. The molecule has 0 aliphatic rings. The molecule has 1 unspecified atom stereocenters. The molecule has 1 atom stereocenters. The molecule has 0 aliphatic carbocycles. The maximum atomic E-state index is 13.7.